The van der Waals surface area contributed by atoms with Gasteiger partial charge in [-0.15, -0.1) is 0 Å². The summed E-state index contributed by atoms with van der Waals surface area (Å²) in [5, 5.41) is 0. The molecule has 0 saturated carbocycles. The number of nitrogens with zero attached hydrogens (tertiary/aromatic N) is 1. The first-order valence-electron chi connectivity index (χ1n) is 10.2. The van der Waals surface area contributed by atoms with Crippen LogP contribution in [0.25, 0.3) is 0 Å². The van der Waals surface area contributed by atoms with E-state index in [1.807, 2.05) is 64.1 Å². The number of carbonyl (C=O) groups is 2. The van der Waals surface area contributed by atoms with E-state index in [1.54, 1.807) is 19.2 Å². The van der Waals surface area contributed by atoms with Crippen LogP contribution in [0.2, 0.25) is 0 Å². The van der Waals surface area contributed by atoms with Crippen molar-refractivity contribution in [1.82, 2.24) is 0 Å². The van der Waals surface area contributed by atoms with Crippen molar-refractivity contribution in [2.75, 3.05) is 14.2 Å². The summed E-state index contributed by atoms with van der Waals surface area (Å²) in [7, 11) is 3.01. The van der Waals surface area contributed by atoms with Gasteiger partial charge in [0.05, 0.1) is 31.2 Å². The highest BCUT2D eigenvalue weighted by molar-refractivity contribution is 6.06. The van der Waals surface area contributed by atoms with Crippen molar-refractivity contribution in [2.45, 2.75) is 45.8 Å². The van der Waals surface area contributed by atoms with Crippen LogP contribution < -0.4 is 4.74 Å². The van der Waals surface area contributed by atoms with Gasteiger partial charge in [-0.2, -0.15) is 0 Å². The van der Waals surface area contributed by atoms with Crippen LogP contribution in [0.5, 0.6) is 5.75 Å². The molecule has 2 atom stereocenters. The Kier molecular flexibility index (Phi) is 6.20. The van der Waals surface area contributed by atoms with E-state index >= 15 is 0 Å². The lowest BCUT2D eigenvalue weighted by Crippen LogP contribution is -2.32. The van der Waals surface area contributed by atoms with Crippen molar-refractivity contribution in [3.8, 4) is 5.75 Å². The van der Waals surface area contributed by atoms with Gasteiger partial charge in [-0.1, -0.05) is 24.3 Å². The number of methoxy groups -OCH3 is 2. The molecule has 0 unspecified atom stereocenters. The zero-order valence-electron chi connectivity index (χ0n) is 18.9. The number of hydrogen-bond acceptors (Lipinski definition) is 6. The summed E-state index contributed by atoms with van der Waals surface area (Å²) in [6, 6.07) is 14.3. The molecule has 3 rings (SSSR count). The summed E-state index contributed by atoms with van der Waals surface area (Å²) in [4.78, 5) is 29.9. The molecule has 0 spiro atoms. The van der Waals surface area contributed by atoms with Gasteiger partial charge in [-0.25, -0.2) is 4.79 Å². The van der Waals surface area contributed by atoms with E-state index in [4.69, 9.17) is 19.2 Å². The molecule has 0 bridgehead atoms. The second-order valence-corrected chi connectivity index (χ2v) is 8.92. The Morgan fingerprint density at radius 3 is 2.13 bits per heavy atom. The summed E-state index contributed by atoms with van der Waals surface area (Å²) in [5.74, 6) is 0.0591. The number of rotatable bonds is 5. The largest absolute Gasteiger partial charge is 0.497 e. The average Bonchev–Trinajstić information content (AvgIpc) is 3.10. The summed E-state index contributed by atoms with van der Waals surface area (Å²) in [6.07, 6.45) is 0.433. The first kappa shape index (κ1) is 22.5. The van der Waals surface area contributed by atoms with Crippen LogP contribution >= 0.6 is 0 Å². The summed E-state index contributed by atoms with van der Waals surface area (Å²) in [5.41, 5.74) is 1.65. The highest BCUT2D eigenvalue weighted by atomic mass is 16.6. The van der Waals surface area contributed by atoms with Gasteiger partial charge >= 0.3 is 11.9 Å². The van der Waals surface area contributed by atoms with Crippen molar-refractivity contribution < 1.29 is 23.8 Å². The Morgan fingerprint density at radius 2 is 1.61 bits per heavy atom. The Balaban J connectivity index is 1.92. The van der Waals surface area contributed by atoms with E-state index < -0.39 is 11.0 Å². The Bertz CT molecular complexity index is 986. The fraction of sp³-hybridized carbons (Fsp3) is 0.400. The molecule has 1 aliphatic rings. The van der Waals surface area contributed by atoms with Crippen LogP contribution in [0.15, 0.2) is 53.5 Å². The lowest BCUT2D eigenvalue weighted by Gasteiger charge is -2.27. The van der Waals surface area contributed by atoms with Crippen LogP contribution in [-0.2, 0) is 14.3 Å². The van der Waals surface area contributed by atoms with Crippen molar-refractivity contribution >= 4 is 17.7 Å². The summed E-state index contributed by atoms with van der Waals surface area (Å²) in [6.45, 7) is 7.37. The molecular formula is C25H29NO5. The fourth-order valence-corrected chi connectivity index (χ4v) is 3.75. The zero-order valence-corrected chi connectivity index (χ0v) is 18.9. The second-order valence-electron chi connectivity index (χ2n) is 8.92. The Morgan fingerprint density at radius 1 is 1.00 bits per heavy atom. The molecule has 31 heavy (non-hydrogen) atoms. The predicted octanol–water partition coefficient (Wildman–Crippen LogP) is 4.76. The average molecular weight is 424 g/mol. The third-order valence-electron chi connectivity index (χ3n) is 5.36. The number of ether oxygens (including phenoxy) is 3. The summed E-state index contributed by atoms with van der Waals surface area (Å²) >= 11 is 0. The highest BCUT2D eigenvalue weighted by Gasteiger charge is 2.48. The Labute approximate surface area is 183 Å². The molecule has 1 heterocycles. The van der Waals surface area contributed by atoms with E-state index in [9.17, 15) is 9.59 Å². The smallest absolute Gasteiger partial charge is 0.338 e. The molecule has 0 fully saturated rings. The van der Waals surface area contributed by atoms with Gasteiger partial charge < -0.3 is 14.2 Å². The van der Waals surface area contributed by atoms with E-state index in [2.05, 4.69) is 0 Å². The minimum atomic E-state index is -0.831. The van der Waals surface area contributed by atoms with Crippen LogP contribution in [0.1, 0.15) is 61.6 Å². The molecule has 2 aromatic rings. The van der Waals surface area contributed by atoms with Crippen LogP contribution in [-0.4, -0.2) is 37.5 Å². The van der Waals surface area contributed by atoms with Crippen molar-refractivity contribution in [1.29, 1.82) is 0 Å². The van der Waals surface area contributed by atoms with E-state index in [1.165, 1.54) is 7.11 Å². The standard InChI is InChI=1S/C25H29NO5/c1-24(2,3)31-22(27)18-9-7-16(8-10-18)20-15-25(4,23(28)30-6)21(26-20)17-11-13-19(29-5)14-12-17/h7-14,21H,15H2,1-6H3/t21-,25-/m0/s1. The fourth-order valence-electron chi connectivity index (χ4n) is 3.75. The van der Waals surface area contributed by atoms with Crippen molar-refractivity contribution in [3.63, 3.8) is 0 Å². The predicted molar refractivity (Wildman–Crippen MR) is 119 cm³/mol. The molecule has 0 N–H and O–H groups in total. The second kappa shape index (κ2) is 8.53. The SMILES string of the molecule is COC(=O)[C@@]1(C)CC(c2ccc(C(=O)OC(C)(C)C)cc2)=N[C@H]1c1ccc(OC)cc1. The minimum Gasteiger partial charge on any atom is -0.497 e. The summed E-state index contributed by atoms with van der Waals surface area (Å²) < 4.78 is 15.8. The normalized spacial score (nSPS) is 20.7. The van der Waals surface area contributed by atoms with E-state index in [0.29, 0.717) is 12.0 Å². The van der Waals surface area contributed by atoms with Gasteiger partial charge in [0.15, 0.2) is 0 Å². The molecule has 0 saturated heterocycles. The zero-order chi connectivity index (χ0) is 22.8. The molecule has 6 nitrogen and oxygen atoms in total. The van der Waals surface area contributed by atoms with Gasteiger partial charge in [0, 0.05) is 12.1 Å². The van der Waals surface area contributed by atoms with Gasteiger partial charge in [0.1, 0.15) is 11.4 Å². The van der Waals surface area contributed by atoms with E-state index in [0.717, 1.165) is 22.6 Å². The third-order valence-corrected chi connectivity index (χ3v) is 5.36. The number of benzene rings is 2. The van der Waals surface area contributed by atoms with E-state index in [-0.39, 0.29) is 18.0 Å². The molecule has 6 heteroatoms. The quantitative estimate of drug-likeness (QED) is 0.648. The topological polar surface area (TPSA) is 74.2 Å². The number of carbonyl (C=O) groups excluding carboxylic acids is 2. The molecule has 0 aliphatic carbocycles. The molecule has 0 aromatic heterocycles. The van der Waals surface area contributed by atoms with Crippen LogP contribution in [0, 0.1) is 5.41 Å². The molecule has 2 aromatic carbocycles. The number of aliphatic imine (C=N–C) groups is 1. The maximum Gasteiger partial charge on any atom is 0.338 e. The molecule has 0 amide bonds. The van der Waals surface area contributed by atoms with Gasteiger partial charge in [-0.05, 0) is 63.1 Å². The lowest BCUT2D eigenvalue weighted by molar-refractivity contribution is -0.152. The van der Waals surface area contributed by atoms with Crippen LogP contribution in [0.4, 0.5) is 0 Å². The lowest BCUT2D eigenvalue weighted by atomic mass is 9.77. The Hall–Kier alpha value is -3.15. The molecule has 164 valence electrons. The maximum atomic E-state index is 12.7. The van der Waals surface area contributed by atoms with Gasteiger partial charge in [-0.3, -0.25) is 9.79 Å². The molecular weight excluding hydrogens is 394 g/mol. The van der Waals surface area contributed by atoms with Crippen molar-refractivity contribution in [3.05, 3.63) is 65.2 Å². The number of esters is 2. The minimum absolute atomic E-state index is 0.308. The first-order valence-corrected chi connectivity index (χ1v) is 10.2. The van der Waals surface area contributed by atoms with Crippen LogP contribution in [0.3, 0.4) is 0 Å². The first-order chi connectivity index (χ1) is 14.6. The number of hydrogen-bond donors (Lipinski definition) is 0. The monoisotopic (exact) mass is 423 g/mol. The maximum absolute atomic E-state index is 12.7. The highest BCUT2D eigenvalue weighted by Crippen LogP contribution is 2.47. The molecule has 1 aliphatic heterocycles. The van der Waals surface area contributed by atoms with Crippen molar-refractivity contribution in [2.24, 2.45) is 10.4 Å². The van der Waals surface area contributed by atoms with Gasteiger partial charge in [0.2, 0.25) is 0 Å². The van der Waals surface area contributed by atoms with Gasteiger partial charge in [0.25, 0.3) is 0 Å². The molecule has 0 radical (unpaired) electrons. The third kappa shape index (κ3) is 4.79.